The number of hydrogen-bond acceptors (Lipinski definition) is 3. The normalized spacial score (nSPS) is 26.2. The highest BCUT2D eigenvalue weighted by Crippen LogP contribution is 2.15. The molecule has 0 radical (unpaired) electrons. The van der Waals surface area contributed by atoms with Gasteiger partial charge in [0.1, 0.15) is 5.60 Å². The summed E-state index contributed by atoms with van der Waals surface area (Å²) in [4.78, 5) is 11.5. The summed E-state index contributed by atoms with van der Waals surface area (Å²) in [5.74, 6) is 0.515. The highest BCUT2D eigenvalue weighted by molar-refractivity contribution is 5.67. The van der Waals surface area contributed by atoms with E-state index in [0.717, 1.165) is 6.54 Å². The van der Waals surface area contributed by atoms with Crippen molar-refractivity contribution in [1.29, 1.82) is 0 Å². The molecule has 0 aliphatic carbocycles. The molecule has 1 rings (SSSR count). The summed E-state index contributed by atoms with van der Waals surface area (Å²) < 4.78 is 5.19. The van der Waals surface area contributed by atoms with Crippen molar-refractivity contribution in [1.82, 2.24) is 10.6 Å². The second-order valence-corrected chi connectivity index (χ2v) is 5.53. The molecule has 0 aromatic rings. The zero-order chi connectivity index (χ0) is 12.2. The molecule has 4 nitrogen and oxygen atoms in total. The number of ether oxygens (including phenoxy) is 1. The van der Waals surface area contributed by atoms with Crippen LogP contribution in [0.4, 0.5) is 4.79 Å². The Labute approximate surface area is 98.1 Å². The molecule has 0 unspecified atom stereocenters. The van der Waals surface area contributed by atoms with Gasteiger partial charge >= 0.3 is 6.09 Å². The van der Waals surface area contributed by atoms with Gasteiger partial charge in [0.25, 0.3) is 0 Å². The molecule has 1 fully saturated rings. The van der Waals surface area contributed by atoms with E-state index in [0.29, 0.717) is 18.5 Å². The first-order valence-corrected chi connectivity index (χ1v) is 6.09. The predicted molar refractivity (Wildman–Crippen MR) is 64.4 cm³/mol. The Morgan fingerprint density at radius 1 is 1.50 bits per heavy atom. The number of nitrogens with one attached hydrogen (secondary N) is 2. The standard InChI is InChI=1S/C12H24N2O2/c1-9-10(6-5-7-13-9)8-14-11(15)16-12(2,3)4/h9-10,13H,5-8H2,1-4H3,(H,14,15)/t9-,10+/m1/s1. The van der Waals surface area contributed by atoms with Gasteiger partial charge in [0.05, 0.1) is 0 Å². The Bertz CT molecular complexity index is 236. The number of rotatable bonds is 2. The van der Waals surface area contributed by atoms with Crippen molar-refractivity contribution in [2.45, 2.75) is 52.2 Å². The van der Waals surface area contributed by atoms with E-state index in [2.05, 4.69) is 17.6 Å². The molecule has 0 spiro atoms. The van der Waals surface area contributed by atoms with Gasteiger partial charge in [-0.15, -0.1) is 0 Å². The monoisotopic (exact) mass is 228 g/mol. The SMILES string of the molecule is C[C@H]1NCCC[C@H]1CNC(=O)OC(C)(C)C. The van der Waals surface area contributed by atoms with Crippen LogP contribution in [-0.2, 0) is 4.74 Å². The van der Waals surface area contributed by atoms with Crippen LogP contribution in [-0.4, -0.2) is 30.8 Å². The van der Waals surface area contributed by atoms with Crippen LogP contribution in [0.2, 0.25) is 0 Å². The van der Waals surface area contributed by atoms with Crippen LogP contribution >= 0.6 is 0 Å². The average molecular weight is 228 g/mol. The lowest BCUT2D eigenvalue weighted by molar-refractivity contribution is 0.0512. The molecule has 2 atom stereocenters. The van der Waals surface area contributed by atoms with Crippen molar-refractivity contribution >= 4 is 6.09 Å². The molecule has 16 heavy (non-hydrogen) atoms. The second-order valence-electron chi connectivity index (χ2n) is 5.53. The molecule has 0 aromatic heterocycles. The van der Waals surface area contributed by atoms with Crippen LogP contribution in [0.5, 0.6) is 0 Å². The first kappa shape index (κ1) is 13.3. The first-order chi connectivity index (χ1) is 7.38. The molecule has 0 aromatic carbocycles. The lowest BCUT2D eigenvalue weighted by Gasteiger charge is -2.30. The van der Waals surface area contributed by atoms with Gasteiger partial charge in [-0.3, -0.25) is 0 Å². The van der Waals surface area contributed by atoms with E-state index in [1.54, 1.807) is 0 Å². The Morgan fingerprint density at radius 3 is 2.75 bits per heavy atom. The number of carbonyl (C=O) groups is 1. The maximum atomic E-state index is 11.5. The fourth-order valence-electron chi connectivity index (χ4n) is 1.92. The molecular weight excluding hydrogens is 204 g/mol. The minimum atomic E-state index is -0.416. The summed E-state index contributed by atoms with van der Waals surface area (Å²) in [6, 6.07) is 0.476. The highest BCUT2D eigenvalue weighted by Gasteiger charge is 2.22. The Balaban J connectivity index is 2.25. The minimum Gasteiger partial charge on any atom is -0.444 e. The number of amides is 1. The van der Waals surface area contributed by atoms with E-state index in [1.807, 2.05) is 20.8 Å². The summed E-state index contributed by atoms with van der Waals surface area (Å²) in [6.07, 6.45) is 2.04. The van der Waals surface area contributed by atoms with Crippen LogP contribution in [0, 0.1) is 5.92 Å². The van der Waals surface area contributed by atoms with Crippen molar-refractivity contribution in [3.8, 4) is 0 Å². The van der Waals surface area contributed by atoms with Crippen LogP contribution in [0.15, 0.2) is 0 Å². The third-order valence-corrected chi connectivity index (χ3v) is 2.83. The molecular formula is C12H24N2O2. The lowest BCUT2D eigenvalue weighted by Crippen LogP contribution is -2.45. The second kappa shape index (κ2) is 5.53. The zero-order valence-corrected chi connectivity index (χ0v) is 10.8. The Morgan fingerprint density at radius 2 is 2.19 bits per heavy atom. The quantitative estimate of drug-likeness (QED) is 0.759. The summed E-state index contributed by atoms with van der Waals surface area (Å²) in [7, 11) is 0. The summed E-state index contributed by atoms with van der Waals surface area (Å²) in [5.41, 5.74) is -0.416. The summed E-state index contributed by atoms with van der Waals surface area (Å²) in [6.45, 7) is 9.57. The zero-order valence-electron chi connectivity index (χ0n) is 10.8. The molecule has 1 amide bonds. The lowest BCUT2D eigenvalue weighted by atomic mass is 9.92. The van der Waals surface area contributed by atoms with E-state index in [-0.39, 0.29) is 6.09 Å². The third kappa shape index (κ3) is 4.84. The smallest absolute Gasteiger partial charge is 0.407 e. The van der Waals surface area contributed by atoms with E-state index < -0.39 is 5.60 Å². The van der Waals surface area contributed by atoms with Crippen molar-refractivity contribution in [2.75, 3.05) is 13.1 Å². The molecule has 1 saturated heterocycles. The average Bonchev–Trinajstić information content (AvgIpc) is 2.14. The predicted octanol–water partition coefficient (Wildman–Crippen LogP) is 1.90. The number of alkyl carbamates (subject to hydrolysis) is 1. The van der Waals surface area contributed by atoms with Gasteiger partial charge in [-0.2, -0.15) is 0 Å². The van der Waals surface area contributed by atoms with E-state index in [1.165, 1.54) is 12.8 Å². The first-order valence-electron chi connectivity index (χ1n) is 6.09. The van der Waals surface area contributed by atoms with E-state index >= 15 is 0 Å². The minimum absolute atomic E-state index is 0.315. The van der Waals surface area contributed by atoms with Gasteiger partial charge in [-0.1, -0.05) is 0 Å². The summed E-state index contributed by atoms with van der Waals surface area (Å²) in [5, 5.41) is 6.25. The Kier molecular flexibility index (Phi) is 4.59. The molecule has 2 N–H and O–H groups in total. The number of piperidine rings is 1. The molecule has 4 heteroatoms. The van der Waals surface area contributed by atoms with Crippen LogP contribution in [0.25, 0.3) is 0 Å². The van der Waals surface area contributed by atoms with Gasteiger partial charge in [0, 0.05) is 12.6 Å². The molecule has 1 aliphatic heterocycles. The maximum Gasteiger partial charge on any atom is 0.407 e. The van der Waals surface area contributed by atoms with Gasteiger partial charge in [0.2, 0.25) is 0 Å². The van der Waals surface area contributed by atoms with Crippen molar-refractivity contribution < 1.29 is 9.53 Å². The van der Waals surface area contributed by atoms with Crippen molar-refractivity contribution in [3.05, 3.63) is 0 Å². The van der Waals surface area contributed by atoms with Gasteiger partial charge < -0.3 is 15.4 Å². The molecule has 0 saturated carbocycles. The van der Waals surface area contributed by atoms with Crippen LogP contribution in [0.1, 0.15) is 40.5 Å². The van der Waals surface area contributed by atoms with Gasteiger partial charge in [-0.25, -0.2) is 4.79 Å². The molecule has 94 valence electrons. The van der Waals surface area contributed by atoms with Crippen LogP contribution < -0.4 is 10.6 Å². The summed E-state index contributed by atoms with van der Waals surface area (Å²) >= 11 is 0. The van der Waals surface area contributed by atoms with Crippen LogP contribution in [0.3, 0.4) is 0 Å². The maximum absolute atomic E-state index is 11.5. The van der Waals surface area contributed by atoms with Gasteiger partial charge in [-0.05, 0) is 53.0 Å². The molecule has 0 bridgehead atoms. The number of carbonyl (C=O) groups excluding carboxylic acids is 1. The van der Waals surface area contributed by atoms with Crippen molar-refractivity contribution in [3.63, 3.8) is 0 Å². The Hall–Kier alpha value is -0.770. The fourth-order valence-corrected chi connectivity index (χ4v) is 1.92. The van der Waals surface area contributed by atoms with Gasteiger partial charge in [0.15, 0.2) is 0 Å². The molecule has 1 heterocycles. The van der Waals surface area contributed by atoms with E-state index in [4.69, 9.17) is 4.74 Å². The topological polar surface area (TPSA) is 50.4 Å². The third-order valence-electron chi connectivity index (χ3n) is 2.83. The van der Waals surface area contributed by atoms with E-state index in [9.17, 15) is 4.79 Å². The number of hydrogen-bond donors (Lipinski definition) is 2. The molecule has 1 aliphatic rings. The fraction of sp³-hybridized carbons (Fsp3) is 0.917. The largest absolute Gasteiger partial charge is 0.444 e. The van der Waals surface area contributed by atoms with Crippen molar-refractivity contribution in [2.24, 2.45) is 5.92 Å². The highest BCUT2D eigenvalue weighted by atomic mass is 16.6.